The molecular formula is C7H14N4S. The molecular weight excluding hydrogens is 172 g/mol. The molecule has 1 rings (SSSR count). The number of hydrogen-bond acceptors (Lipinski definition) is 4. The molecule has 68 valence electrons. The number of aromatic nitrogens is 4. The van der Waals surface area contributed by atoms with E-state index in [2.05, 4.69) is 28.0 Å². The van der Waals surface area contributed by atoms with Crippen molar-refractivity contribution in [3.8, 4) is 0 Å². The Balaban J connectivity index is 2.77. The van der Waals surface area contributed by atoms with Crippen LogP contribution in [0.5, 0.6) is 0 Å². The molecule has 4 nitrogen and oxygen atoms in total. The minimum Gasteiger partial charge on any atom is -0.179 e. The van der Waals surface area contributed by atoms with Crippen molar-refractivity contribution in [3.63, 3.8) is 0 Å². The van der Waals surface area contributed by atoms with Crippen LogP contribution in [-0.2, 0) is 12.0 Å². The maximum absolute atomic E-state index is 4.22. The van der Waals surface area contributed by atoms with Gasteiger partial charge >= 0.3 is 0 Å². The van der Waals surface area contributed by atoms with E-state index in [0.29, 0.717) is 0 Å². The van der Waals surface area contributed by atoms with Gasteiger partial charge in [0.25, 0.3) is 0 Å². The average Bonchev–Trinajstić information content (AvgIpc) is 2.35. The smallest absolute Gasteiger partial charge is 0.175 e. The molecule has 0 fully saturated rings. The van der Waals surface area contributed by atoms with Gasteiger partial charge in [0.2, 0.25) is 0 Å². The summed E-state index contributed by atoms with van der Waals surface area (Å²) in [5.74, 6) is 1.52. The van der Waals surface area contributed by atoms with Gasteiger partial charge in [-0.2, -0.15) is 17.4 Å². The molecule has 1 aromatic heterocycles. The molecule has 0 spiro atoms. The maximum Gasteiger partial charge on any atom is 0.175 e. The van der Waals surface area contributed by atoms with Crippen LogP contribution in [0.25, 0.3) is 0 Å². The van der Waals surface area contributed by atoms with Crippen molar-refractivity contribution in [2.24, 2.45) is 0 Å². The van der Waals surface area contributed by atoms with Crippen LogP contribution in [-0.4, -0.2) is 26.0 Å². The van der Waals surface area contributed by atoms with E-state index in [1.807, 2.05) is 20.8 Å². The van der Waals surface area contributed by atoms with E-state index < -0.39 is 0 Å². The van der Waals surface area contributed by atoms with Gasteiger partial charge in [-0.25, -0.2) is 0 Å². The first-order chi connectivity index (χ1) is 5.54. The molecule has 0 radical (unpaired) electrons. The van der Waals surface area contributed by atoms with E-state index in [9.17, 15) is 0 Å². The third-order valence-corrected chi connectivity index (χ3v) is 1.61. The van der Waals surface area contributed by atoms with Gasteiger partial charge in [-0.3, -0.25) is 0 Å². The van der Waals surface area contributed by atoms with Gasteiger partial charge in [-0.1, -0.05) is 0 Å². The van der Waals surface area contributed by atoms with Crippen molar-refractivity contribution in [1.82, 2.24) is 20.2 Å². The zero-order chi connectivity index (χ0) is 9.19. The van der Waals surface area contributed by atoms with Crippen molar-refractivity contribution in [2.75, 3.05) is 5.75 Å². The first-order valence-electron chi connectivity index (χ1n) is 3.94. The van der Waals surface area contributed by atoms with Gasteiger partial charge in [0.15, 0.2) is 5.82 Å². The molecule has 0 saturated heterocycles. The third kappa shape index (κ3) is 2.20. The summed E-state index contributed by atoms with van der Waals surface area (Å²) in [6, 6.07) is 0. The second kappa shape index (κ2) is 3.43. The number of tetrazole rings is 1. The Kier molecular flexibility index (Phi) is 2.72. The van der Waals surface area contributed by atoms with Crippen molar-refractivity contribution in [1.29, 1.82) is 0 Å². The Hall–Kier alpha value is -0.580. The van der Waals surface area contributed by atoms with E-state index in [1.165, 1.54) is 0 Å². The topological polar surface area (TPSA) is 43.6 Å². The SMILES string of the molecule is CC(C)(C)n1nnc(CCS)n1. The summed E-state index contributed by atoms with van der Waals surface area (Å²) in [4.78, 5) is 1.63. The maximum atomic E-state index is 4.22. The summed E-state index contributed by atoms with van der Waals surface area (Å²) in [5, 5.41) is 12.1. The van der Waals surface area contributed by atoms with E-state index in [4.69, 9.17) is 0 Å². The van der Waals surface area contributed by atoms with Crippen LogP contribution >= 0.6 is 12.6 Å². The van der Waals surface area contributed by atoms with Gasteiger partial charge in [-0.15, -0.1) is 10.2 Å². The Morgan fingerprint density at radius 2 is 2.08 bits per heavy atom. The quantitative estimate of drug-likeness (QED) is 0.698. The first-order valence-corrected chi connectivity index (χ1v) is 4.57. The van der Waals surface area contributed by atoms with Crippen LogP contribution in [0.4, 0.5) is 0 Å². The minimum absolute atomic E-state index is 0.0815. The first kappa shape index (κ1) is 9.51. The molecule has 1 aromatic rings. The molecule has 0 saturated carbocycles. The Morgan fingerprint density at radius 3 is 2.50 bits per heavy atom. The lowest BCUT2D eigenvalue weighted by Crippen LogP contribution is -2.24. The lowest BCUT2D eigenvalue weighted by molar-refractivity contribution is 0.305. The van der Waals surface area contributed by atoms with Crippen molar-refractivity contribution >= 4 is 12.6 Å². The second-order valence-corrected chi connectivity index (χ2v) is 4.09. The summed E-state index contributed by atoms with van der Waals surface area (Å²) in [5.41, 5.74) is -0.0815. The number of thiol groups is 1. The Bertz CT molecular complexity index is 250. The third-order valence-electron chi connectivity index (χ3n) is 1.39. The number of rotatable bonds is 2. The van der Waals surface area contributed by atoms with Crippen LogP contribution in [0.15, 0.2) is 0 Å². The Labute approximate surface area is 77.8 Å². The minimum atomic E-state index is -0.0815. The van der Waals surface area contributed by atoms with E-state index in [1.54, 1.807) is 4.80 Å². The molecule has 0 atom stereocenters. The highest BCUT2D eigenvalue weighted by atomic mass is 32.1. The van der Waals surface area contributed by atoms with Gasteiger partial charge in [-0.05, 0) is 31.7 Å². The second-order valence-electron chi connectivity index (χ2n) is 3.64. The lowest BCUT2D eigenvalue weighted by Gasteiger charge is -2.15. The number of aryl methyl sites for hydroxylation is 1. The summed E-state index contributed by atoms with van der Waals surface area (Å²) < 4.78 is 0. The zero-order valence-electron chi connectivity index (χ0n) is 7.65. The van der Waals surface area contributed by atoms with Crippen LogP contribution < -0.4 is 0 Å². The molecule has 0 aromatic carbocycles. The lowest BCUT2D eigenvalue weighted by atomic mass is 10.1. The molecule has 0 aliphatic carbocycles. The molecule has 0 bridgehead atoms. The largest absolute Gasteiger partial charge is 0.179 e. The van der Waals surface area contributed by atoms with Crippen LogP contribution in [0.1, 0.15) is 26.6 Å². The summed E-state index contributed by atoms with van der Waals surface area (Å²) >= 11 is 4.10. The fraction of sp³-hybridized carbons (Fsp3) is 0.857. The monoisotopic (exact) mass is 186 g/mol. The van der Waals surface area contributed by atoms with Gasteiger partial charge in [0.05, 0.1) is 5.54 Å². The van der Waals surface area contributed by atoms with E-state index >= 15 is 0 Å². The standard InChI is InChI=1S/C7H14N4S/c1-7(2,3)11-9-6(4-5-12)8-10-11/h12H,4-5H2,1-3H3. The molecule has 0 N–H and O–H groups in total. The summed E-state index contributed by atoms with van der Waals surface area (Å²) in [7, 11) is 0. The highest BCUT2D eigenvalue weighted by Gasteiger charge is 2.16. The molecule has 1 heterocycles. The number of nitrogens with zero attached hydrogens (tertiary/aromatic N) is 4. The van der Waals surface area contributed by atoms with Crippen LogP contribution in [0.3, 0.4) is 0 Å². The van der Waals surface area contributed by atoms with Crippen molar-refractivity contribution < 1.29 is 0 Å². The molecule has 5 heteroatoms. The summed E-state index contributed by atoms with van der Waals surface area (Å²) in [6.07, 6.45) is 0.777. The Morgan fingerprint density at radius 1 is 1.42 bits per heavy atom. The van der Waals surface area contributed by atoms with Gasteiger partial charge in [0, 0.05) is 6.42 Å². The summed E-state index contributed by atoms with van der Waals surface area (Å²) in [6.45, 7) is 6.12. The van der Waals surface area contributed by atoms with Crippen LogP contribution in [0, 0.1) is 0 Å². The predicted octanol–water partition coefficient (Wildman–Crippen LogP) is 0.900. The zero-order valence-corrected chi connectivity index (χ0v) is 8.54. The average molecular weight is 186 g/mol. The highest BCUT2D eigenvalue weighted by molar-refractivity contribution is 7.80. The van der Waals surface area contributed by atoms with Gasteiger partial charge < -0.3 is 0 Å². The fourth-order valence-electron chi connectivity index (χ4n) is 0.727. The molecule has 0 aliphatic heterocycles. The molecule has 0 amide bonds. The number of hydrogen-bond donors (Lipinski definition) is 1. The van der Waals surface area contributed by atoms with Crippen molar-refractivity contribution in [3.05, 3.63) is 5.82 Å². The predicted molar refractivity (Wildman–Crippen MR) is 50.4 cm³/mol. The normalized spacial score (nSPS) is 12.0. The van der Waals surface area contributed by atoms with Crippen molar-refractivity contribution in [2.45, 2.75) is 32.7 Å². The molecule has 0 aliphatic rings. The molecule has 0 unspecified atom stereocenters. The molecule has 12 heavy (non-hydrogen) atoms. The van der Waals surface area contributed by atoms with E-state index in [-0.39, 0.29) is 5.54 Å². The highest BCUT2D eigenvalue weighted by Crippen LogP contribution is 2.09. The van der Waals surface area contributed by atoms with E-state index in [0.717, 1.165) is 18.0 Å². The van der Waals surface area contributed by atoms with Crippen LogP contribution in [0.2, 0.25) is 0 Å². The van der Waals surface area contributed by atoms with Gasteiger partial charge in [0.1, 0.15) is 0 Å². The fourth-order valence-corrected chi connectivity index (χ4v) is 0.927.